The van der Waals surface area contributed by atoms with E-state index in [2.05, 4.69) is 17.4 Å². The van der Waals surface area contributed by atoms with Crippen LogP contribution in [0.1, 0.15) is 25.0 Å². The van der Waals surface area contributed by atoms with E-state index in [9.17, 15) is 9.59 Å². The lowest BCUT2D eigenvalue weighted by atomic mass is 10.1. The minimum Gasteiger partial charge on any atom is -0.482 e. The minimum absolute atomic E-state index is 0.00258. The van der Waals surface area contributed by atoms with Gasteiger partial charge in [0.15, 0.2) is 6.61 Å². The molecule has 0 saturated carbocycles. The topological polar surface area (TPSA) is 75.6 Å². The van der Waals surface area contributed by atoms with Crippen LogP contribution in [0.15, 0.2) is 54.6 Å². The molecule has 0 spiro atoms. The van der Waals surface area contributed by atoms with Crippen LogP contribution in [0, 0.1) is 5.92 Å². The highest BCUT2D eigenvalue weighted by Crippen LogP contribution is 2.24. The van der Waals surface area contributed by atoms with Crippen LogP contribution >= 0.6 is 11.8 Å². The lowest BCUT2D eigenvalue weighted by molar-refractivity contribution is -0.139. The Morgan fingerprint density at radius 3 is 2.44 bits per heavy atom. The number of amides is 1. The third kappa shape index (κ3) is 7.35. The van der Waals surface area contributed by atoms with E-state index in [1.54, 1.807) is 30.0 Å². The first kappa shape index (κ1) is 20.8. The Morgan fingerprint density at radius 2 is 1.78 bits per heavy atom. The van der Waals surface area contributed by atoms with Gasteiger partial charge in [0.05, 0.1) is 5.25 Å². The lowest BCUT2D eigenvalue weighted by Crippen LogP contribution is -2.35. The Morgan fingerprint density at radius 1 is 1.07 bits per heavy atom. The summed E-state index contributed by atoms with van der Waals surface area (Å²) in [5, 5.41) is 11.5. The molecule has 0 aliphatic heterocycles. The number of carbonyl (C=O) groups is 2. The van der Waals surface area contributed by atoms with Gasteiger partial charge in [0.25, 0.3) is 0 Å². The molecular formula is C21H25NO4S. The molecule has 2 aromatic carbocycles. The second kappa shape index (κ2) is 10.6. The van der Waals surface area contributed by atoms with Crippen molar-refractivity contribution in [2.75, 3.05) is 6.61 Å². The van der Waals surface area contributed by atoms with Gasteiger partial charge in [-0.2, -0.15) is 0 Å². The van der Waals surface area contributed by atoms with Crippen LogP contribution in [-0.2, 0) is 21.9 Å². The van der Waals surface area contributed by atoms with Gasteiger partial charge in [-0.1, -0.05) is 56.3 Å². The van der Waals surface area contributed by atoms with Gasteiger partial charge < -0.3 is 15.2 Å². The zero-order valence-corrected chi connectivity index (χ0v) is 16.4. The Bertz CT molecular complexity index is 749. The summed E-state index contributed by atoms with van der Waals surface area (Å²) < 4.78 is 5.17. The van der Waals surface area contributed by atoms with Gasteiger partial charge in [0, 0.05) is 12.3 Å². The highest BCUT2D eigenvalue weighted by molar-refractivity contribution is 7.99. The van der Waals surface area contributed by atoms with Crippen molar-refractivity contribution in [1.82, 2.24) is 5.32 Å². The number of nitrogens with one attached hydrogen (secondary N) is 1. The molecule has 0 radical (unpaired) electrons. The number of carboxylic acids is 1. The van der Waals surface area contributed by atoms with Crippen LogP contribution in [0.2, 0.25) is 0 Å². The van der Waals surface area contributed by atoms with Gasteiger partial charge >= 0.3 is 5.97 Å². The molecule has 5 nitrogen and oxygen atoms in total. The third-order valence-electron chi connectivity index (χ3n) is 3.86. The van der Waals surface area contributed by atoms with E-state index in [0.29, 0.717) is 12.3 Å². The maximum atomic E-state index is 12.6. The number of ether oxygens (including phenoxy) is 1. The average molecular weight is 388 g/mol. The molecule has 27 heavy (non-hydrogen) atoms. The van der Waals surface area contributed by atoms with Gasteiger partial charge in [0.1, 0.15) is 5.75 Å². The molecule has 1 amide bonds. The smallest absolute Gasteiger partial charge is 0.341 e. The van der Waals surface area contributed by atoms with E-state index in [1.807, 2.05) is 38.1 Å². The van der Waals surface area contributed by atoms with Crippen LogP contribution in [0.25, 0.3) is 0 Å². The van der Waals surface area contributed by atoms with Gasteiger partial charge in [-0.3, -0.25) is 4.79 Å². The predicted octanol–water partition coefficient (Wildman–Crippen LogP) is 3.72. The summed E-state index contributed by atoms with van der Waals surface area (Å²) in [5.74, 6) is 0.453. The number of benzene rings is 2. The van der Waals surface area contributed by atoms with Gasteiger partial charge in [-0.15, -0.1) is 11.8 Å². The van der Waals surface area contributed by atoms with Gasteiger partial charge in [-0.05, 0) is 29.2 Å². The summed E-state index contributed by atoms with van der Waals surface area (Å²) in [6.07, 6.45) is 0. The van der Waals surface area contributed by atoms with Crippen LogP contribution < -0.4 is 10.1 Å². The summed E-state index contributed by atoms with van der Waals surface area (Å²) in [6.45, 7) is 4.07. The predicted molar refractivity (Wildman–Crippen MR) is 108 cm³/mol. The molecule has 2 rings (SSSR count). The number of thioether (sulfide) groups is 1. The Kier molecular flexibility index (Phi) is 8.20. The maximum Gasteiger partial charge on any atom is 0.341 e. The van der Waals surface area contributed by atoms with Crippen LogP contribution in [0.4, 0.5) is 0 Å². The second-order valence-corrected chi connectivity index (χ2v) is 7.64. The quantitative estimate of drug-likeness (QED) is 0.650. The Balaban J connectivity index is 1.89. The van der Waals surface area contributed by atoms with E-state index in [4.69, 9.17) is 9.84 Å². The maximum absolute atomic E-state index is 12.6. The van der Waals surface area contributed by atoms with Crippen molar-refractivity contribution >= 4 is 23.6 Å². The van der Waals surface area contributed by atoms with Crippen molar-refractivity contribution in [3.05, 3.63) is 65.7 Å². The summed E-state index contributed by atoms with van der Waals surface area (Å²) in [5.41, 5.74) is 2.06. The first-order chi connectivity index (χ1) is 13.0. The molecular weight excluding hydrogens is 362 g/mol. The van der Waals surface area contributed by atoms with E-state index < -0.39 is 5.97 Å². The molecule has 0 heterocycles. The van der Waals surface area contributed by atoms with E-state index in [1.165, 1.54) is 5.56 Å². The highest BCUT2D eigenvalue weighted by atomic mass is 32.2. The monoisotopic (exact) mass is 387 g/mol. The zero-order chi connectivity index (χ0) is 19.6. The van der Waals surface area contributed by atoms with Crippen molar-refractivity contribution in [3.8, 4) is 5.75 Å². The van der Waals surface area contributed by atoms with Crippen LogP contribution in [0.5, 0.6) is 5.75 Å². The number of hydrogen-bond donors (Lipinski definition) is 2. The fraction of sp³-hybridized carbons (Fsp3) is 0.333. The molecule has 0 aromatic heterocycles. The standard InChI is InChI=1S/C21H25NO4S/c1-15(2)20(27-14-16-7-4-3-5-8-16)21(25)22-12-17-9-6-10-18(11-17)26-13-19(23)24/h3-11,15,20H,12-14H2,1-2H3,(H,22,25)(H,23,24). The normalized spacial score (nSPS) is 11.8. The summed E-state index contributed by atoms with van der Waals surface area (Å²) in [6, 6.07) is 17.2. The lowest BCUT2D eigenvalue weighted by Gasteiger charge is -2.20. The molecule has 0 aliphatic rings. The number of carboxylic acid groups (broad SMARTS) is 1. The Hall–Kier alpha value is -2.47. The van der Waals surface area contributed by atoms with E-state index >= 15 is 0 Å². The molecule has 0 bridgehead atoms. The van der Waals surface area contributed by atoms with Crippen LogP contribution in [-0.4, -0.2) is 28.8 Å². The number of aliphatic carboxylic acids is 1. The van der Waals surface area contributed by atoms with Crippen molar-refractivity contribution in [2.45, 2.75) is 31.4 Å². The van der Waals surface area contributed by atoms with E-state index in [0.717, 1.165) is 11.3 Å². The molecule has 0 saturated heterocycles. The number of hydrogen-bond acceptors (Lipinski definition) is 4. The third-order valence-corrected chi connectivity index (χ3v) is 5.48. The molecule has 1 unspecified atom stereocenters. The Labute approximate surface area is 164 Å². The van der Waals surface area contributed by atoms with Crippen molar-refractivity contribution in [2.24, 2.45) is 5.92 Å². The highest BCUT2D eigenvalue weighted by Gasteiger charge is 2.22. The van der Waals surface area contributed by atoms with Crippen molar-refractivity contribution in [3.63, 3.8) is 0 Å². The summed E-state index contributed by atoms with van der Waals surface area (Å²) >= 11 is 1.64. The molecule has 1 atom stereocenters. The average Bonchev–Trinajstić information content (AvgIpc) is 2.66. The summed E-state index contributed by atoms with van der Waals surface area (Å²) in [4.78, 5) is 23.2. The molecule has 2 N–H and O–H groups in total. The molecule has 6 heteroatoms. The largest absolute Gasteiger partial charge is 0.482 e. The van der Waals surface area contributed by atoms with Crippen molar-refractivity contribution in [1.29, 1.82) is 0 Å². The first-order valence-electron chi connectivity index (χ1n) is 8.82. The first-order valence-corrected chi connectivity index (χ1v) is 9.87. The minimum atomic E-state index is -1.02. The molecule has 0 fully saturated rings. The molecule has 144 valence electrons. The number of carbonyl (C=O) groups excluding carboxylic acids is 1. The SMILES string of the molecule is CC(C)C(SCc1ccccc1)C(=O)NCc1cccc(OCC(=O)O)c1. The summed E-state index contributed by atoms with van der Waals surface area (Å²) in [7, 11) is 0. The molecule has 0 aliphatic carbocycles. The van der Waals surface area contributed by atoms with Gasteiger partial charge in [-0.25, -0.2) is 4.79 Å². The fourth-order valence-electron chi connectivity index (χ4n) is 2.51. The van der Waals surface area contributed by atoms with Crippen LogP contribution in [0.3, 0.4) is 0 Å². The van der Waals surface area contributed by atoms with Gasteiger partial charge in [0.2, 0.25) is 5.91 Å². The van der Waals surface area contributed by atoms with E-state index in [-0.39, 0.29) is 23.7 Å². The molecule has 2 aromatic rings. The van der Waals surface area contributed by atoms with Crippen molar-refractivity contribution < 1.29 is 19.4 Å². The second-order valence-electron chi connectivity index (χ2n) is 6.51. The number of rotatable bonds is 10. The fourth-order valence-corrected chi connectivity index (χ4v) is 3.70. The zero-order valence-electron chi connectivity index (χ0n) is 15.6.